The molecule has 0 spiro atoms. The van der Waals surface area contributed by atoms with E-state index in [1.54, 1.807) is 0 Å². The highest BCUT2D eigenvalue weighted by atomic mass is 19.1. The molecular weight excluding hydrogens is 270 g/mol. The largest absolute Gasteiger partial charge is 0.311 e. The van der Waals surface area contributed by atoms with Crippen LogP contribution in [0.5, 0.6) is 0 Å². The van der Waals surface area contributed by atoms with Crippen molar-refractivity contribution in [1.29, 1.82) is 0 Å². The van der Waals surface area contributed by atoms with E-state index in [1.807, 2.05) is 0 Å². The van der Waals surface area contributed by atoms with Gasteiger partial charge < -0.3 is 5.32 Å². The zero-order valence-corrected chi connectivity index (χ0v) is 12.6. The van der Waals surface area contributed by atoms with Crippen molar-refractivity contribution in [2.24, 2.45) is 5.92 Å². The summed E-state index contributed by atoms with van der Waals surface area (Å²) in [4.78, 5) is 2.28. The van der Waals surface area contributed by atoms with Gasteiger partial charge in [-0.3, -0.25) is 4.90 Å². The number of nitrogens with zero attached hydrogens (tertiary/aromatic N) is 1. The summed E-state index contributed by atoms with van der Waals surface area (Å²) in [5.74, 6) is -0.0842. The molecule has 0 bridgehead atoms. The fourth-order valence-electron chi connectivity index (χ4n) is 3.40. The normalized spacial score (nSPS) is 27.0. The molecule has 2 atom stereocenters. The molecule has 116 valence electrons. The summed E-state index contributed by atoms with van der Waals surface area (Å²) < 4.78 is 27.8. The third-order valence-electron chi connectivity index (χ3n) is 4.80. The number of rotatable bonds is 5. The van der Waals surface area contributed by atoms with Crippen LogP contribution in [0.15, 0.2) is 18.2 Å². The lowest BCUT2D eigenvalue weighted by atomic mass is 10.0. The lowest BCUT2D eigenvalue weighted by Gasteiger charge is -2.41. The number of nitrogens with one attached hydrogen (secondary N) is 1. The van der Waals surface area contributed by atoms with E-state index in [4.69, 9.17) is 0 Å². The predicted octanol–water partition coefficient (Wildman–Crippen LogP) is 3.32. The molecule has 2 nitrogen and oxygen atoms in total. The topological polar surface area (TPSA) is 15.3 Å². The van der Waals surface area contributed by atoms with Crippen molar-refractivity contribution in [2.45, 2.75) is 51.2 Å². The molecule has 3 rings (SSSR count). The van der Waals surface area contributed by atoms with E-state index in [0.717, 1.165) is 31.8 Å². The van der Waals surface area contributed by atoms with E-state index < -0.39 is 11.6 Å². The first kappa shape index (κ1) is 14.9. The first-order valence-corrected chi connectivity index (χ1v) is 8.09. The maximum absolute atomic E-state index is 13.9. The smallest absolute Gasteiger partial charge is 0.130 e. The van der Waals surface area contributed by atoms with Crippen LogP contribution in [0.25, 0.3) is 0 Å². The van der Waals surface area contributed by atoms with Gasteiger partial charge in [-0.05, 0) is 37.3 Å². The minimum absolute atomic E-state index is 0.218. The predicted molar refractivity (Wildman–Crippen MR) is 80.0 cm³/mol. The van der Waals surface area contributed by atoms with Gasteiger partial charge in [0.05, 0.1) is 0 Å². The second kappa shape index (κ2) is 6.41. The van der Waals surface area contributed by atoms with Gasteiger partial charge in [0.1, 0.15) is 11.6 Å². The molecule has 1 aliphatic carbocycles. The average molecular weight is 294 g/mol. The standard InChI is InChI=1S/C17H24F2N2/c1-2-4-13-9-20-17(12-7-8-12)11-21(13)10-14-15(18)5-3-6-16(14)19/h3,5-6,12-13,17,20H,2,4,7-11H2,1H3. The molecule has 0 radical (unpaired) electrons. The van der Waals surface area contributed by atoms with Gasteiger partial charge in [0.15, 0.2) is 0 Å². The minimum atomic E-state index is -0.424. The summed E-state index contributed by atoms with van der Waals surface area (Å²) in [6.07, 6.45) is 4.74. The van der Waals surface area contributed by atoms with Crippen molar-refractivity contribution < 1.29 is 8.78 Å². The molecule has 1 aliphatic heterocycles. The summed E-state index contributed by atoms with van der Waals surface area (Å²) in [5.41, 5.74) is 0.218. The van der Waals surface area contributed by atoms with Crippen LogP contribution in [0, 0.1) is 17.6 Å². The van der Waals surface area contributed by atoms with E-state index in [1.165, 1.54) is 31.0 Å². The lowest BCUT2D eigenvalue weighted by Crippen LogP contribution is -2.56. The highest BCUT2D eigenvalue weighted by Gasteiger charge is 2.37. The van der Waals surface area contributed by atoms with E-state index in [9.17, 15) is 8.78 Å². The second-order valence-electron chi connectivity index (χ2n) is 6.42. The van der Waals surface area contributed by atoms with Gasteiger partial charge in [-0.15, -0.1) is 0 Å². The molecule has 2 unspecified atom stereocenters. The highest BCUT2D eigenvalue weighted by molar-refractivity contribution is 5.20. The van der Waals surface area contributed by atoms with Crippen LogP contribution < -0.4 is 5.32 Å². The van der Waals surface area contributed by atoms with Gasteiger partial charge in [-0.25, -0.2) is 8.78 Å². The number of piperazine rings is 1. The quantitative estimate of drug-likeness (QED) is 0.896. The molecule has 21 heavy (non-hydrogen) atoms. The van der Waals surface area contributed by atoms with E-state index in [0.29, 0.717) is 18.6 Å². The molecule has 0 amide bonds. The summed E-state index contributed by atoms with van der Waals surface area (Å²) in [7, 11) is 0. The Bertz CT molecular complexity index is 467. The van der Waals surface area contributed by atoms with Crippen LogP contribution in [-0.4, -0.2) is 30.1 Å². The van der Waals surface area contributed by atoms with Gasteiger partial charge in [-0.1, -0.05) is 19.4 Å². The Balaban J connectivity index is 1.74. The zero-order chi connectivity index (χ0) is 14.8. The maximum atomic E-state index is 13.9. The second-order valence-corrected chi connectivity index (χ2v) is 6.42. The number of hydrogen-bond acceptors (Lipinski definition) is 2. The number of halogens is 2. The molecule has 1 aromatic carbocycles. The van der Waals surface area contributed by atoms with Crippen molar-refractivity contribution in [2.75, 3.05) is 13.1 Å². The fourth-order valence-corrected chi connectivity index (χ4v) is 3.40. The fraction of sp³-hybridized carbons (Fsp3) is 0.647. The Labute approximate surface area is 125 Å². The third kappa shape index (κ3) is 3.43. The first-order valence-electron chi connectivity index (χ1n) is 8.09. The first-order chi connectivity index (χ1) is 10.2. The van der Waals surface area contributed by atoms with Crippen molar-refractivity contribution in [3.63, 3.8) is 0 Å². The van der Waals surface area contributed by atoms with Gasteiger partial charge in [0.25, 0.3) is 0 Å². The Kier molecular flexibility index (Phi) is 4.55. The molecule has 4 heteroatoms. The average Bonchev–Trinajstić information content (AvgIpc) is 3.29. The van der Waals surface area contributed by atoms with Crippen molar-refractivity contribution in [3.8, 4) is 0 Å². The Morgan fingerprint density at radius 1 is 1.24 bits per heavy atom. The van der Waals surface area contributed by atoms with Crippen LogP contribution >= 0.6 is 0 Å². The monoisotopic (exact) mass is 294 g/mol. The minimum Gasteiger partial charge on any atom is -0.311 e. The Morgan fingerprint density at radius 2 is 1.95 bits per heavy atom. The van der Waals surface area contributed by atoms with Gasteiger partial charge in [0.2, 0.25) is 0 Å². The van der Waals surface area contributed by atoms with Crippen LogP contribution in [0.1, 0.15) is 38.2 Å². The SMILES string of the molecule is CCCC1CNC(C2CC2)CN1Cc1c(F)cccc1F. The van der Waals surface area contributed by atoms with Gasteiger partial charge in [-0.2, -0.15) is 0 Å². The highest BCUT2D eigenvalue weighted by Crippen LogP contribution is 2.35. The van der Waals surface area contributed by atoms with Crippen LogP contribution in [0.3, 0.4) is 0 Å². The molecule has 2 fully saturated rings. The summed E-state index contributed by atoms with van der Waals surface area (Å²) in [6, 6.07) is 5.02. The maximum Gasteiger partial charge on any atom is 0.130 e. The summed E-state index contributed by atoms with van der Waals surface area (Å²) in [5, 5.41) is 3.63. The van der Waals surface area contributed by atoms with Crippen molar-refractivity contribution >= 4 is 0 Å². The van der Waals surface area contributed by atoms with E-state index in [-0.39, 0.29) is 5.56 Å². The molecular formula is C17H24F2N2. The van der Waals surface area contributed by atoms with Crippen LogP contribution in [0.2, 0.25) is 0 Å². The number of benzene rings is 1. The van der Waals surface area contributed by atoms with Crippen molar-refractivity contribution in [1.82, 2.24) is 10.2 Å². The van der Waals surface area contributed by atoms with Crippen molar-refractivity contribution in [3.05, 3.63) is 35.4 Å². The molecule has 1 N–H and O–H groups in total. The van der Waals surface area contributed by atoms with Gasteiger partial charge in [0, 0.05) is 37.3 Å². The molecule has 1 aromatic rings. The Hall–Kier alpha value is -1.00. The number of hydrogen-bond donors (Lipinski definition) is 1. The Morgan fingerprint density at radius 3 is 2.57 bits per heavy atom. The summed E-state index contributed by atoms with van der Waals surface area (Å²) >= 11 is 0. The molecule has 1 saturated heterocycles. The van der Waals surface area contributed by atoms with Crippen LogP contribution in [-0.2, 0) is 6.54 Å². The third-order valence-corrected chi connectivity index (χ3v) is 4.80. The lowest BCUT2D eigenvalue weighted by molar-refractivity contribution is 0.105. The molecule has 1 saturated carbocycles. The summed E-state index contributed by atoms with van der Waals surface area (Å²) in [6.45, 7) is 4.39. The zero-order valence-electron chi connectivity index (χ0n) is 12.6. The van der Waals surface area contributed by atoms with Crippen LogP contribution in [0.4, 0.5) is 8.78 Å². The molecule has 0 aromatic heterocycles. The van der Waals surface area contributed by atoms with Gasteiger partial charge >= 0.3 is 0 Å². The van der Waals surface area contributed by atoms with E-state index >= 15 is 0 Å². The molecule has 1 heterocycles. The molecule has 2 aliphatic rings. The van der Waals surface area contributed by atoms with E-state index in [2.05, 4.69) is 17.1 Å².